The molecule has 1 aromatic rings. The lowest BCUT2D eigenvalue weighted by molar-refractivity contribution is -0.118. The predicted molar refractivity (Wildman–Crippen MR) is 86.9 cm³/mol. The molecule has 0 saturated carbocycles. The zero-order valence-corrected chi connectivity index (χ0v) is 12.7. The van der Waals surface area contributed by atoms with Crippen molar-refractivity contribution in [2.75, 3.05) is 5.01 Å². The zero-order chi connectivity index (χ0) is 15.0. The lowest BCUT2D eigenvalue weighted by Gasteiger charge is -2.12. The van der Waals surface area contributed by atoms with E-state index in [2.05, 4.69) is 10.4 Å². The van der Waals surface area contributed by atoms with Crippen molar-refractivity contribution in [3.8, 4) is 0 Å². The molecule has 2 amide bonds. The summed E-state index contributed by atoms with van der Waals surface area (Å²) < 4.78 is 0.409. The summed E-state index contributed by atoms with van der Waals surface area (Å²) in [6.07, 6.45) is 1.63. The highest BCUT2D eigenvalue weighted by molar-refractivity contribution is 8.26. The molecular weight excluding hydrogens is 306 g/mol. The Morgan fingerprint density at radius 1 is 1.33 bits per heavy atom. The van der Waals surface area contributed by atoms with Gasteiger partial charge in [0.15, 0.2) is 0 Å². The molecule has 1 atom stereocenters. The van der Waals surface area contributed by atoms with Crippen molar-refractivity contribution < 1.29 is 9.59 Å². The van der Waals surface area contributed by atoms with Crippen LogP contribution in [0.15, 0.2) is 46.4 Å². The van der Waals surface area contributed by atoms with Crippen LogP contribution < -0.4 is 10.3 Å². The molecule has 1 fully saturated rings. The topological polar surface area (TPSA) is 61.8 Å². The van der Waals surface area contributed by atoms with Crippen LogP contribution in [0, 0.1) is 5.92 Å². The van der Waals surface area contributed by atoms with Crippen molar-refractivity contribution >= 4 is 51.5 Å². The van der Waals surface area contributed by atoms with Crippen LogP contribution in [0.2, 0.25) is 0 Å². The summed E-state index contributed by atoms with van der Waals surface area (Å²) in [7, 11) is 0. The van der Waals surface area contributed by atoms with Crippen molar-refractivity contribution in [2.24, 2.45) is 11.0 Å². The summed E-state index contributed by atoms with van der Waals surface area (Å²) >= 11 is 6.11. The van der Waals surface area contributed by atoms with E-state index in [0.29, 0.717) is 20.6 Å². The number of anilines is 1. The molecule has 1 saturated heterocycles. The fourth-order valence-corrected chi connectivity index (χ4v) is 3.17. The van der Waals surface area contributed by atoms with Crippen LogP contribution in [0.5, 0.6) is 0 Å². The summed E-state index contributed by atoms with van der Waals surface area (Å²) in [6.45, 7) is 1.78. The Morgan fingerprint density at radius 2 is 2.05 bits per heavy atom. The minimum absolute atomic E-state index is 0.169. The number of amides is 2. The Labute approximate surface area is 131 Å². The number of thioether (sulfide) groups is 1. The second kappa shape index (κ2) is 5.42. The standard InChI is InChI=1S/C14H11N3O2S2/c1-8-10(7-11-12(18)15-14(20)21-11)13(19)17(16-8)9-5-3-2-4-6-9/h2-7,10H,1H3,(H,15,18,20)/b11-7-/t10-/m1/s1. The molecule has 1 aromatic carbocycles. The Morgan fingerprint density at radius 3 is 2.67 bits per heavy atom. The van der Waals surface area contributed by atoms with Gasteiger partial charge in [0.2, 0.25) is 0 Å². The quantitative estimate of drug-likeness (QED) is 0.670. The third-order valence-electron chi connectivity index (χ3n) is 3.14. The van der Waals surface area contributed by atoms with E-state index in [-0.39, 0.29) is 11.8 Å². The van der Waals surface area contributed by atoms with Gasteiger partial charge in [-0.3, -0.25) is 9.59 Å². The van der Waals surface area contributed by atoms with E-state index in [1.54, 1.807) is 13.0 Å². The molecule has 7 heteroatoms. The molecule has 0 radical (unpaired) electrons. The van der Waals surface area contributed by atoms with Crippen LogP contribution in [-0.2, 0) is 9.59 Å². The van der Waals surface area contributed by atoms with Crippen LogP contribution >= 0.6 is 24.0 Å². The van der Waals surface area contributed by atoms with Gasteiger partial charge in [0, 0.05) is 0 Å². The van der Waals surface area contributed by atoms with E-state index in [9.17, 15) is 9.59 Å². The fraction of sp³-hybridized carbons (Fsp3) is 0.143. The fourth-order valence-electron chi connectivity index (χ4n) is 2.11. The Kier molecular flexibility index (Phi) is 3.60. The predicted octanol–water partition coefficient (Wildman–Crippen LogP) is 2.06. The van der Waals surface area contributed by atoms with Gasteiger partial charge in [-0.2, -0.15) is 10.1 Å². The molecule has 2 aliphatic heterocycles. The molecule has 3 rings (SSSR count). The summed E-state index contributed by atoms with van der Waals surface area (Å²) in [5.41, 5.74) is 1.37. The molecule has 106 valence electrons. The van der Waals surface area contributed by atoms with Gasteiger partial charge in [-0.05, 0) is 25.1 Å². The Hall–Kier alpha value is -1.99. The van der Waals surface area contributed by atoms with Crippen LogP contribution in [0.25, 0.3) is 0 Å². The first kappa shape index (κ1) is 14.0. The maximum Gasteiger partial charge on any atom is 0.263 e. The molecule has 0 aliphatic carbocycles. The highest BCUT2D eigenvalue weighted by Gasteiger charge is 2.35. The van der Waals surface area contributed by atoms with E-state index in [1.165, 1.54) is 16.8 Å². The van der Waals surface area contributed by atoms with E-state index in [1.807, 2.05) is 30.3 Å². The van der Waals surface area contributed by atoms with Gasteiger partial charge >= 0.3 is 0 Å². The molecule has 0 unspecified atom stereocenters. The van der Waals surface area contributed by atoms with Gasteiger partial charge in [0.1, 0.15) is 4.32 Å². The second-order valence-corrected chi connectivity index (χ2v) is 6.30. The van der Waals surface area contributed by atoms with Gasteiger partial charge < -0.3 is 5.32 Å². The highest BCUT2D eigenvalue weighted by Crippen LogP contribution is 2.29. The first-order valence-electron chi connectivity index (χ1n) is 6.25. The van der Waals surface area contributed by atoms with E-state index in [0.717, 1.165) is 0 Å². The molecule has 21 heavy (non-hydrogen) atoms. The van der Waals surface area contributed by atoms with Crippen LogP contribution in [0.4, 0.5) is 5.69 Å². The number of nitrogens with zero attached hydrogens (tertiary/aromatic N) is 2. The number of hydrazone groups is 1. The van der Waals surface area contributed by atoms with Gasteiger partial charge in [-0.15, -0.1) is 0 Å². The smallest absolute Gasteiger partial charge is 0.263 e. The van der Waals surface area contributed by atoms with E-state index < -0.39 is 5.92 Å². The van der Waals surface area contributed by atoms with Gasteiger partial charge in [-0.1, -0.05) is 42.2 Å². The maximum atomic E-state index is 12.5. The third-order valence-corrected chi connectivity index (χ3v) is 4.32. The number of hydrogen-bond donors (Lipinski definition) is 1. The molecular formula is C14H11N3O2S2. The van der Waals surface area contributed by atoms with Crippen LogP contribution in [0.3, 0.4) is 0 Å². The van der Waals surface area contributed by atoms with E-state index in [4.69, 9.17) is 12.2 Å². The number of para-hydroxylation sites is 1. The number of hydrogen-bond acceptors (Lipinski definition) is 5. The molecule has 0 bridgehead atoms. The average molecular weight is 317 g/mol. The van der Waals surface area contributed by atoms with Crippen molar-refractivity contribution in [1.29, 1.82) is 0 Å². The largest absolute Gasteiger partial charge is 0.307 e. The second-order valence-electron chi connectivity index (χ2n) is 4.58. The molecule has 2 heterocycles. The first-order valence-corrected chi connectivity index (χ1v) is 7.48. The number of thiocarbonyl (C=S) groups is 1. The van der Waals surface area contributed by atoms with Gasteiger partial charge in [0.05, 0.1) is 22.2 Å². The number of benzene rings is 1. The number of carbonyl (C=O) groups is 2. The molecule has 5 nitrogen and oxygen atoms in total. The maximum absolute atomic E-state index is 12.5. The number of rotatable bonds is 2. The van der Waals surface area contributed by atoms with Crippen LogP contribution in [0.1, 0.15) is 6.92 Å². The minimum Gasteiger partial charge on any atom is -0.307 e. The lowest BCUT2D eigenvalue weighted by Crippen LogP contribution is -2.26. The average Bonchev–Trinajstić information content (AvgIpc) is 2.93. The van der Waals surface area contributed by atoms with Crippen molar-refractivity contribution in [3.05, 3.63) is 41.3 Å². The Balaban J connectivity index is 1.88. The summed E-state index contributed by atoms with van der Waals surface area (Å²) in [4.78, 5) is 24.6. The highest BCUT2D eigenvalue weighted by atomic mass is 32.2. The van der Waals surface area contributed by atoms with Gasteiger partial charge in [-0.25, -0.2) is 0 Å². The molecule has 1 N–H and O–H groups in total. The zero-order valence-electron chi connectivity index (χ0n) is 11.1. The summed E-state index contributed by atoms with van der Waals surface area (Å²) in [5, 5.41) is 8.19. The summed E-state index contributed by atoms with van der Waals surface area (Å²) in [5.74, 6) is -0.958. The minimum atomic E-state index is -0.528. The van der Waals surface area contributed by atoms with Gasteiger partial charge in [0.25, 0.3) is 11.8 Å². The summed E-state index contributed by atoms with van der Waals surface area (Å²) in [6, 6.07) is 9.20. The number of nitrogens with one attached hydrogen (secondary N) is 1. The van der Waals surface area contributed by atoms with Crippen molar-refractivity contribution in [3.63, 3.8) is 0 Å². The molecule has 2 aliphatic rings. The normalized spacial score (nSPS) is 23.8. The number of carbonyl (C=O) groups excluding carboxylic acids is 2. The van der Waals surface area contributed by atoms with Crippen molar-refractivity contribution in [2.45, 2.75) is 6.92 Å². The monoisotopic (exact) mass is 317 g/mol. The third kappa shape index (κ3) is 2.62. The molecule has 0 aromatic heterocycles. The van der Waals surface area contributed by atoms with E-state index >= 15 is 0 Å². The molecule has 0 spiro atoms. The van der Waals surface area contributed by atoms with Crippen molar-refractivity contribution in [1.82, 2.24) is 5.32 Å². The Bertz CT molecular complexity index is 697. The SMILES string of the molecule is CC1=NN(c2ccccc2)C(=O)[C@@H]1/C=C1\SC(=S)NC1=O. The first-order chi connectivity index (χ1) is 10.1. The lowest BCUT2D eigenvalue weighted by atomic mass is 10.0. The van der Waals surface area contributed by atoms with Crippen LogP contribution in [-0.4, -0.2) is 21.8 Å².